The number of carbonyl (C=O) groups excluding carboxylic acids is 2. The molecule has 1 aliphatic heterocycles. The molecule has 0 aromatic heterocycles. The van der Waals surface area contributed by atoms with E-state index < -0.39 is 20.0 Å². The number of nitrogens with zero attached hydrogens (tertiary/aromatic N) is 1. The summed E-state index contributed by atoms with van der Waals surface area (Å²) in [5.74, 6) is -0.283. The molecular weight excluding hydrogens is 430 g/mol. The van der Waals surface area contributed by atoms with Gasteiger partial charge >= 0.3 is 6.09 Å². The van der Waals surface area contributed by atoms with E-state index >= 15 is 0 Å². The predicted octanol–water partition coefficient (Wildman–Crippen LogP) is 4.39. The van der Waals surface area contributed by atoms with Crippen LogP contribution in [0.25, 0.3) is 0 Å². The number of aldehydes is 1. The quantitative estimate of drug-likeness (QED) is 0.483. The fourth-order valence-corrected chi connectivity index (χ4v) is 9.38. The van der Waals surface area contributed by atoms with Crippen LogP contribution in [0.1, 0.15) is 48.0 Å². The Hall–Kier alpha value is -2.44. The third kappa shape index (κ3) is 5.74. The van der Waals surface area contributed by atoms with Gasteiger partial charge in [0.15, 0.2) is 0 Å². The van der Waals surface area contributed by atoms with Gasteiger partial charge in [-0.2, -0.15) is 0 Å². The zero-order valence-electron chi connectivity index (χ0n) is 20.7. The molecule has 5 nitrogen and oxygen atoms in total. The van der Waals surface area contributed by atoms with E-state index in [-0.39, 0.29) is 17.1 Å². The molecule has 33 heavy (non-hydrogen) atoms. The summed E-state index contributed by atoms with van der Waals surface area (Å²) in [4.78, 5) is 26.3. The van der Waals surface area contributed by atoms with Gasteiger partial charge in [-0.1, -0.05) is 81.4 Å². The molecule has 0 saturated carbocycles. The van der Waals surface area contributed by atoms with Crippen molar-refractivity contribution in [3.05, 3.63) is 60.7 Å². The van der Waals surface area contributed by atoms with E-state index in [1.54, 1.807) is 4.90 Å². The number of likely N-dealkylation sites (tertiary alicyclic amines) is 1. The van der Waals surface area contributed by atoms with Gasteiger partial charge in [-0.3, -0.25) is 0 Å². The first kappa shape index (κ1) is 25.2. The van der Waals surface area contributed by atoms with Crippen LogP contribution in [0, 0.1) is 5.92 Å². The third-order valence-corrected chi connectivity index (χ3v) is 11.1. The van der Waals surface area contributed by atoms with Crippen molar-refractivity contribution in [1.82, 2.24) is 4.90 Å². The summed E-state index contributed by atoms with van der Waals surface area (Å²) in [7, 11) is -2.78. The summed E-state index contributed by atoms with van der Waals surface area (Å²) < 4.78 is 12.8. The number of hydrogen-bond acceptors (Lipinski definition) is 4. The van der Waals surface area contributed by atoms with Gasteiger partial charge < -0.3 is 18.9 Å². The second-order valence-electron chi connectivity index (χ2n) is 10.9. The van der Waals surface area contributed by atoms with Crippen molar-refractivity contribution in [3.63, 3.8) is 0 Å². The normalized spacial score (nSPS) is 19.8. The van der Waals surface area contributed by atoms with Crippen LogP contribution in [0.2, 0.25) is 5.04 Å². The summed E-state index contributed by atoms with van der Waals surface area (Å²) in [6, 6.07) is 20.8. The second kappa shape index (κ2) is 9.81. The molecule has 2 aromatic rings. The van der Waals surface area contributed by atoms with E-state index in [4.69, 9.17) is 9.16 Å². The first-order chi connectivity index (χ1) is 15.5. The molecule has 1 amide bonds. The molecule has 6 heteroatoms. The molecule has 1 heterocycles. The maximum Gasteiger partial charge on any atom is 0.410 e. The molecule has 0 radical (unpaired) electrons. The second-order valence-corrected chi connectivity index (χ2v) is 15.2. The van der Waals surface area contributed by atoms with Crippen LogP contribution in [-0.2, 0) is 14.0 Å². The van der Waals surface area contributed by atoms with Gasteiger partial charge in [0.25, 0.3) is 8.32 Å². The highest BCUT2D eigenvalue weighted by Gasteiger charge is 2.52. The van der Waals surface area contributed by atoms with Crippen molar-refractivity contribution in [1.29, 1.82) is 0 Å². The molecule has 2 aromatic carbocycles. The predicted molar refractivity (Wildman–Crippen MR) is 134 cm³/mol. The number of piperidine rings is 1. The van der Waals surface area contributed by atoms with E-state index in [9.17, 15) is 9.59 Å². The first-order valence-electron chi connectivity index (χ1n) is 11.7. The highest BCUT2D eigenvalue weighted by atomic mass is 28.4. The van der Waals surface area contributed by atoms with E-state index in [1.165, 1.54) is 10.4 Å². The first-order valence-corrected chi connectivity index (χ1v) is 13.6. The number of ether oxygens (including phenoxy) is 1. The Morgan fingerprint density at radius 1 is 0.909 bits per heavy atom. The molecular formula is C27H37NO4Si. The van der Waals surface area contributed by atoms with Crippen molar-refractivity contribution >= 4 is 31.1 Å². The van der Waals surface area contributed by atoms with E-state index in [2.05, 4.69) is 69.3 Å². The molecule has 0 aliphatic carbocycles. The SMILES string of the molecule is CC(C)(C)OC(=O)N1C[C@@H](C=O)C[C@@H](O[Si](c2ccccc2)(c2ccccc2)C(C)(C)C)C1. The number of amides is 1. The van der Waals surface area contributed by atoms with Gasteiger partial charge in [-0.05, 0) is 42.6 Å². The fraction of sp³-hybridized carbons (Fsp3) is 0.481. The zero-order chi connectivity index (χ0) is 24.3. The minimum atomic E-state index is -2.78. The number of carbonyl (C=O) groups is 2. The molecule has 1 fully saturated rings. The summed E-state index contributed by atoms with van der Waals surface area (Å²) in [5.41, 5.74) is -0.598. The standard InChI is InChI=1S/C27H37NO4Si/c1-26(2,3)31-25(30)28-18-21(20-29)17-22(19-28)32-33(27(4,5)6,23-13-9-7-10-14-23)24-15-11-8-12-16-24/h7-16,20-22H,17-19H2,1-6H3/t21-,22+/m0/s1. The number of hydrogen-bond donors (Lipinski definition) is 0. The molecule has 1 aliphatic rings. The summed E-state index contributed by atoms with van der Waals surface area (Å²) >= 11 is 0. The third-order valence-electron chi connectivity index (χ3n) is 6.05. The molecule has 1 saturated heterocycles. The molecule has 2 atom stereocenters. The van der Waals surface area contributed by atoms with Gasteiger partial charge in [0.2, 0.25) is 0 Å². The average Bonchev–Trinajstić information content (AvgIpc) is 2.76. The van der Waals surface area contributed by atoms with Gasteiger partial charge in [-0.15, -0.1) is 0 Å². The van der Waals surface area contributed by atoms with E-state index in [1.807, 2.05) is 32.9 Å². The smallest absolute Gasteiger partial charge is 0.410 e. The molecule has 3 rings (SSSR count). The lowest BCUT2D eigenvalue weighted by molar-refractivity contribution is -0.113. The Kier molecular flexibility index (Phi) is 7.49. The Bertz CT molecular complexity index is 895. The lowest BCUT2D eigenvalue weighted by Crippen LogP contribution is -2.69. The van der Waals surface area contributed by atoms with E-state index in [0.717, 1.165) is 6.29 Å². The van der Waals surface area contributed by atoms with Gasteiger partial charge in [0.05, 0.1) is 6.10 Å². The topological polar surface area (TPSA) is 55.8 Å². The van der Waals surface area contributed by atoms with Gasteiger partial charge in [0, 0.05) is 19.0 Å². The van der Waals surface area contributed by atoms with Crippen LogP contribution in [0.4, 0.5) is 4.79 Å². The van der Waals surface area contributed by atoms with Crippen LogP contribution < -0.4 is 10.4 Å². The van der Waals surface area contributed by atoms with Gasteiger partial charge in [0.1, 0.15) is 11.9 Å². The maximum absolute atomic E-state index is 12.9. The van der Waals surface area contributed by atoms with Crippen molar-refractivity contribution in [2.75, 3.05) is 13.1 Å². The van der Waals surface area contributed by atoms with Crippen LogP contribution in [0.15, 0.2) is 60.7 Å². The minimum absolute atomic E-state index is 0.180. The average molecular weight is 468 g/mol. The number of rotatable bonds is 5. The molecule has 0 bridgehead atoms. The van der Waals surface area contributed by atoms with Crippen LogP contribution in [0.5, 0.6) is 0 Å². The zero-order valence-corrected chi connectivity index (χ0v) is 21.7. The molecule has 178 valence electrons. The van der Waals surface area contributed by atoms with Crippen molar-refractivity contribution in [3.8, 4) is 0 Å². The molecule has 0 spiro atoms. The molecule has 0 N–H and O–H groups in total. The van der Waals surface area contributed by atoms with Gasteiger partial charge in [-0.25, -0.2) is 4.79 Å². The highest BCUT2D eigenvalue weighted by Crippen LogP contribution is 2.38. The van der Waals surface area contributed by atoms with Crippen LogP contribution >= 0.6 is 0 Å². The van der Waals surface area contributed by atoms with Crippen molar-refractivity contribution < 1.29 is 18.8 Å². The summed E-state index contributed by atoms with van der Waals surface area (Å²) in [6.07, 6.45) is 0.865. The van der Waals surface area contributed by atoms with Crippen molar-refractivity contribution in [2.45, 2.75) is 64.7 Å². The van der Waals surface area contributed by atoms with Crippen LogP contribution in [-0.4, -0.2) is 50.4 Å². The monoisotopic (exact) mass is 467 g/mol. The molecule has 0 unspecified atom stereocenters. The highest BCUT2D eigenvalue weighted by molar-refractivity contribution is 6.99. The Balaban J connectivity index is 2.03. The Morgan fingerprint density at radius 3 is 1.85 bits per heavy atom. The Morgan fingerprint density at radius 2 is 1.42 bits per heavy atom. The largest absolute Gasteiger partial charge is 0.444 e. The van der Waals surface area contributed by atoms with Crippen molar-refractivity contribution in [2.24, 2.45) is 5.92 Å². The van der Waals surface area contributed by atoms with E-state index in [0.29, 0.717) is 19.5 Å². The lowest BCUT2D eigenvalue weighted by Gasteiger charge is -2.47. The summed E-state index contributed by atoms with van der Waals surface area (Å²) in [5, 5.41) is 2.18. The summed E-state index contributed by atoms with van der Waals surface area (Å²) in [6.45, 7) is 13.0. The minimum Gasteiger partial charge on any atom is -0.444 e. The maximum atomic E-state index is 12.9. The van der Waals surface area contributed by atoms with Crippen LogP contribution in [0.3, 0.4) is 0 Å². The number of benzene rings is 2. The Labute approximate surface area is 199 Å². The fourth-order valence-electron chi connectivity index (χ4n) is 4.69. The lowest BCUT2D eigenvalue weighted by atomic mass is 9.98.